The molecule has 0 saturated heterocycles. The average Bonchev–Trinajstić information content (AvgIpc) is 2.68. The van der Waals surface area contributed by atoms with Crippen LogP contribution in [0, 0.1) is 0 Å². The van der Waals surface area contributed by atoms with E-state index in [1.165, 1.54) is 5.69 Å². The number of ether oxygens (including phenoxy) is 1. The van der Waals surface area contributed by atoms with Crippen LogP contribution in [-0.4, -0.2) is 24.8 Å². The van der Waals surface area contributed by atoms with Crippen molar-refractivity contribution in [3.05, 3.63) is 72.5 Å². The van der Waals surface area contributed by atoms with Crippen LogP contribution in [0.4, 0.5) is 17.1 Å². The predicted molar refractivity (Wildman–Crippen MR) is 109 cm³/mol. The number of hydrogen-bond acceptors (Lipinski definition) is 4. The van der Waals surface area contributed by atoms with Crippen LogP contribution >= 0.6 is 0 Å². The van der Waals surface area contributed by atoms with E-state index in [4.69, 9.17) is 4.74 Å². The van der Waals surface area contributed by atoms with Crippen LogP contribution in [0.3, 0.4) is 0 Å². The number of nitrogens with one attached hydrogen (secondary N) is 1. The number of allylic oxidation sites excluding steroid dienone is 2. The molecule has 4 heteroatoms. The Bertz CT molecular complexity index is 880. The highest BCUT2D eigenvalue weighted by Gasteiger charge is 2.25. The third-order valence-corrected chi connectivity index (χ3v) is 4.70. The molecular formula is C22H23N3O. The lowest BCUT2D eigenvalue weighted by atomic mass is 10.0. The molecule has 2 aromatic carbocycles. The Morgan fingerprint density at radius 2 is 1.88 bits per heavy atom. The summed E-state index contributed by atoms with van der Waals surface area (Å²) in [6.07, 6.45) is 6.14. The molecule has 2 aromatic rings. The topological polar surface area (TPSA) is 36.9 Å². The molecule has 0 radical (unpaired) electrons. The number of rotatable bonds is 4. The van der Waals surface area contributed by atoms with Gasteiger partial charge in [-0.1, -0.05) is 24.3 Å². The maximum atomic E-state index is 6.22. The van der Waals surface area contributed by atoms with Crippen LogP contribution in [0.5, 0.6) is 5.75 Å². The number of nitrogens with zero attached hydrogens (tertiary/aromatic N) is 2. The van der Waals surface area contributed by atoms with Gasteiger partial charge in [-0.2, -0.15) is 0 Å². The second kappa shape index (κ2) is 7.08. The summed E-state index contributed by atoms with van der Waals surface area (Å²) in [5, 5.41) is 3.53. The fraction of sp³-hybridized carbons (Fsp3) is 0.227. The summed E-state index contributed by atoms with van der Waals surface area (Å²) in [5.41, 5.74) is 4.04. The van der Waals surface area contributed by atoms with Crippen molar-refractivity contribution in [2.75, 3.05) is 23.3 Å². The van der Waals surface area contributed by atoms with Gasteiger partial charge in [0.25, 0.3) is 0 Å². The number of aliphatic imine (C=N–C) groups is 1. The van der Waals surface area contributed by atoms with Crippen molar-refractivity contribution in [3.63, 3.8) is 0 Å². The highest BCUT2D eigenvalue weighted by molar-refractivity contribution is 6.07. The summed E-state index contributed by atoms with van der Waals surface area (Å²) in [7, 11) is 0. The second-order valence-electron chi connectivity index (χ2n) is 6.35. The van der Waals surface area contributed by atoms with Gasteiger partial charge in [-0.05, 0) is 44.2 Å². The zero-order chi connectivity index (χ0) is 17.9. The Kier molecular flexibility index (Phi) is 4.48. The smallest absolute Gasteiger partial charge is 0.152 e. The molecule has 26 heavy (non-hydrogen) atoms. The van der Waals surface area contributed by atoms with Gasteiger partial charge < -0.3 is 15.0 Å². The second-order valence-corrected chi connectivity index (χ2v) is 6.35. The summed E-state index contributed by atoms with van der Waals surface area (Å²) in [6.45, 7) is 6.28. The first kappa shape index (κ1) is 16.5. The third-order valence-electron chi connectivity index (χ3n) is 4.70. The Balaban J connectivity index is 1.62. The molecule has 1 aliphatic carbocycles. The summed E-state index contributed by atoms with van der Waals surface area (Å²) in [5.74, 6) is 1.75. The zero-order valence-corrected chi connectivity index (χ0v) is 15.1. The van der Waals surface area contributed by atoms with E-state index in [-0.39, 0.29) is 6.04 Å². The molecule has 1 N–H and O–H groups in total. The van der Waals surface area contributed by atoms with Crippen molar-refractivity contribution in [2.45, 2.75) is 19.9 Å². The minimum absolute atomic E-state index is 0.0523. The zero-order valence-electron chi connectivity index (χ0n) is 15.1. The quantitative estimate of drug-likeness (QED) is 0.853. The molecule has 0 fully saturated rings. The molecule has 0 amide bonds. The number of benzene rings is 2. The highest BCUT2D eigenvalue weighted by atomic mass is 16.5. The van der Waals surface area contributed by atoms with Gasteiger partial charge in [0.1, 0.15) is 11.8 Å². The van der Waals surface area contributed by atoms with Crippen LogP contribution in [0.15, 0.2) is 77.5 Å². The molecule has 1 heterocycles. The number of anilines is 2. The fourth-order valence-electron chi connectivity index (χ4n) is 3.30. The van der Waals surface area contributed by atoms with E-state index < -0.39 is 0 Å². The van der Waals surface area contributed by atoms with Gasteiger partial charge in [0.15, 0.2) is 5.75 Å². The fourth-order valence-corrected chi connectivity index (χ4v) is 3.30. The minimum atomic E-state index is 0.0523. The van der Waals surface area contributed by atoms with Gasteiger partial charge in [-0.25, -0.2) is 4.99 Å². The third kappa shape index (κ3) is 3.23. The van der Waals surface area contributed by atoms with Gasteiger partial charge in [-0.15, -0.1) is 0 Å². The summed E-state index contributed by atoms with van der Waals surface area (Å²) < 4.78 is 6.22. The predicted octanol–water partition coefficient (Wildman–Crippen LogP) is 4.93. The monoisotopic (exact) mass is 345 g/mol. The van der Waals surface area contributed by atoms with Crippen LogP contribution in [0.2, 0.25) is 0 Å². The molecule has 2 aliphatic rings. The van der Waals surface area contributed by atoms with E-state index in [0.29, 0.717) is 0 Å². The summed E-state index contributed by atoms with van der Waals surface area (Å²) in [4.78, 5) is 6.99. The van der Waals surface area contributed by atoms with Crippen LogP contribution in [-0.2, 0) is 0 Å². The van der Waals surface area contributed by atoms with E-state index in [1.807, 2.05) is 42.5 Å². The Hall–Kier alpha value is -3.01. The standard InChI is InChI=1S/C22H23N3O/c1-3-25(4-2)18-11-13-20-22(15-18)26-21-14-17(10-12-19(21)24-20)23-16-8-6-5-7-9-16/h5-15,19,24H,3-4H2,1-2H3/b23-17+. The molecule has 1 aliphatic heterocycles. The molecule has 0 aromatic heterocycles. The highest BCUT2D eigenvalue weighted by Crippen LogP contribution is 2.37. The van der Waals surface area contributed by atoms with Crippen molar-refractivity contribution in [1.29, 1.82) is 0 Å². The van der Waals surface area contributed by atoms with Gasteiger partial charge in [0.05, 0.1) is 17.1 Å². The lowest BCUT2D eigenvalue weighted by Crippen LogP contribution is -2.30. The maximum Gasteiger partial charge on any atom is 0.152 e. The lowest BCUT2D eigenvalue weighted by molar-refractivity contribution is 0.394. The molecule has 1 unspecified atom stereocenters. The minimum Gasteiger partial charge on any atom is -0.457 e. The van der Waals surface area contributed by atoms with Crippen LogP contribution in [0.1, 0.15) is 13.8 Å². The van der Waals surface area contributed by atoms with Crippen LogP contribution in [0.25, 0.3) is 0 Å². The number of fused-ring (bicyclic) bond motifs is 2. The molecule has 0 saturated carbocycles. The average molecular weight is 345 g/mol. The summed E-state index contributed by atoms with van der Waals surface area (Å²) in [6, 6.07) is 16.4. The van der Waals surface area contributed by atoms with Crippen molar-refractivity contribution < 1.29 is 4.74 Å². The largest absolute Gasteiger partial charge is 0.457 e. The van der Waals surface area contributed by atoms with Gasteiger partial charge in [0.2, 0.25) is 0 Å². The Labute approximate surface area is 154 Å². The van der Waals surface area contributed by atoms with E-state index in [9.17, 15) is 0 Å². The molecule has 0 bridgehead atoms. The normalized spacial score (nSPS) is 19.1. The van der Waals surface area contributed by atoms with Crippen molar-refractivity contribution in [3.8, 4) is 5.75 Å². The molecule has 4 rings (SSSR count). The maximum absolute atomic E-state index is 6.22. The van der Waals surface area contributed by atoms with E-state index in [1.54, 1.807) is 0 Å². The molecule has 0 spiro atoms. The van der Waals surface area contributed by atoms with E-state index in [2.05, 4.69) is 53.3 Å². The SMILES string of the molecule is CCN(CC)c1ccc2c(c1)OC1=C/C(=N/c3ccccc3)C=CC1N2. The van der Waals surface area contributed by atoms with Gasteiger partial charge >= 0.3 is 0 Å². The summed E-state index contributed by atoms with van der Waals surface area (Å²) >= 11 is 0. The molecule has 1 atom stereocenters. The van der Waals surface area contributed by atoms with Crippen molar-refractivity contribution in [2.24, 2.45) is 4.99 Å². The van der Waals surface area contributed by atoms with Crippen LogP contribution < -0.4 is 15.0 Å². The molecule has 4 nitrogen and oxygen atoms in total. The van der Waals surface area contributed by atoms with Crippen molar-refractivity contribution >= 4 is 22.8 Å². The number of para-hydroxylation sites is 1. The molecule has 132 valence electrons. The van der Waals surface area contributed by atoms with E-state index in [0.717, 1.165) is 41.7 Å². The lowest BCUT2D eigenvalue weighted by Gasteiger charge is -2.31. The molecular weight excluding hydrogens is 322 g/mol. The number of hydrogen-bond donors (Lipinski definition) is 1. The first-order valence-corrected chi connectivity index (χ1v) is 9.13. The Morgan fingerprint density at radius 1 is 1.08 bits per heavy atom. The first-order chi connectivity index (χ1) is 12.8. The first-order valence-electron chi connectivity index (χ1n) is 9.13. The van der Waals surface area contributed by atoms with Gasteiger partial charge in [-0.3, -0.25) is 0 Å². The van der Waals surface area contributed by atoms with Gasteiger partial charge in [0, 0.05) is 30.9 Å². The van der Waals surface area contributed by atoms with Crippen molar-refractivity contribution in [1.82, 2.24) is 0 Å². The Morgan fingerprint density at radius 3 is 2.65 bits per heavy atom. The van der Waals surface area contributed by atoms with E-state index >= 15 is 0 Å².